The number of methoxy groups -OCH3 is 1. The van der Waals surface area contributed by atoms with E-state index in [1.165, 1.54) is 0 Å². The molecule has 1 N–H and O–H groups in total. The maximum atomic E-state index is 12.5. The predicted molar refractivity (Wildman–Crippen MR) is 82.7 cm³/mol. The van der Waals surface area contributed by atoms with Crippen molar-refractivity contribution < 1.29 is 14.3 Å². The zero-order valence-corrected chi connectivity index (χ0v) is 13.1. The number of hydrogen-bond acceptors (Lipinski definition) is 3. The van der Waals surface area contributed by atoms with E-state index in [2.05, 4.69) is 5.32 Å². The van der Waals surface area contributed by atoms with Crippen LogP contribution in [0.3, 0.4) is 0 Å². The molecular formula is C16H22ClNO3. The monoisotopic (exact) mass is 311 g/mol. The van der Waals surface area contributed by atoms with Crippen molar-refractivity contribution in [2.45, 2.75) is 24.7 Å². The lowest BCUT2D eigenvalue weighted by Crippen LogP contribution is -2.49. The van der Waals surface area contributed by atoms with Crippen molar-refractivity contribution in [3.8, 4) is 0 Å². The van der Waals surface area contributed by atoms with Gasteiger partial charge in [0.05, 0.1) is 25.2 Å². The Kier molecular flexibility index (Phi) is 6.03. The van der Waals surface area contributed by atoms with Gasteiger partial charge in [-0.1, -0.05) is 30.2 Å². The van der Waals surface area contributed by atoms with Gasteiger partial charge in [-0.3, -0.25) is 4.79 Å². The molecule has 5 heteroatoms. The van der Waals surface area contributed by atoms with E-state index < -0.39 is 0 Å². The van der Waals surface area contributed by atoms with Crippen molar-refractivity contribution in [2.24, 2.45) is 0 Å². The van der Waals surface area contributed by atoms with Crippen LogP contribution in [0, 0.1) is 0 Å². The summed E-state index contributed by atoms with van der Waals surface area (Å²) in [5.41, 5.74) is 0.674. The molecule has 116 valence electrons. The number of ether oxygens (including phenoxy) is 2. The molecule has 1 aliphatic rings. The SMILES string of the molecule is COCCOCCNC(=O)C1(c2ccc(Cl)cc2)CCC1. The van der Waals surface area contributed by atoms with Crippen LogP contribution in [0.4, 0.5) is 0 Å². The molecule has 1 aliphatic carbocycles. The van der Waals surface area contributed by atoms with Gasteiger partial charge in [0.2, 0.25) is 5.91 Å². The molecule has 0 aliphatic heterocycles. The average Bonchev–Trinajstić information content (AvgIpc) is 2.43. The van der Waals surface area contributed by atoms with Gasteiger partial charge in [0.25, 0.3) is 0 Å². The van der Waals surface area contributed by atoms with Gasteiger partial charge in [0, 0.05) is 18.7 Å². The minimum absolute atomic E-state index is 0.0893. The second kappa shape index (κ2) is 7.78. The zero-order valence-electron chi connectivity index (χ0n) is 12.4. The first-order valence-electron chi connectivity index (χ1n) is 7.30. The molecular weight excluding hydrogens is 290 g/mol. The van der Waals surface area contributed by atoms with E-state index in [1.807, 2.05) is 24.3 Å². The number of carbonyl (C=O) groups excluding carboxylic acids is 1. The molecule has 2 rings (SSSR count). The number of nitrogens with one attached hydrogen (secondary N) is 1. The third-order valence-corrected chi connectivity index (χ3v) is 4.25. The Balaban J connectivity index is 1.85. The van der Waals surface area contributed by atoms with E-state index in [1.54, 1.807) is 7.11 Å². The molecule has 1 aromatic carbocycles. The summed E-state index contributed by atoms with van der Waals surface area (Å²) in [6.45, 7) is 2.15. The van der Waals surface area contributed by atoms with Gasteiger partial charge in [-0.25, -0.2) is 0 Å². The van der Waals surface area contributed by atoms with Gasteiger partial charge >= 0.3 is 0 Å². The molecule has 0 aromatic heterocycles. The van der Waals surface area contributed by atoms with E-state index in [0.29, 0.717) is 31.4 Å². The third-order valence-electron chi connectivity index (χ3n) is 4.00. The van der Waals surface area contributed by atoms with Crippen molar-refractivity contribution >= 4 is 17.5 Å². The number of amides is 1. The summed E-state index contributed by atoms with van der Waals surface area (Å²) in [5, 5.41) is 3.67. The topological polar surface area (TPSA) is 47.6 Å². The molecule has 0 heterocycles. The van der Waals surface area contributed by atoms with Gasteiger partial charge < -0.3 is 14.8 Å². The van der Waals surface area contributed by atoms with E-state index in [9.17, 15) is 4.79 Å². The lowest BCUT2D eigenvalue weighted by atomic mass is 9.64. The predicted octanol–water partition coefficient (Wildman–Crippen LogP) is 2.54. The van der Waals surface area contributed by atoms with Crippen LogP contribution in [-0.2, 0) is 19.7 Å². The first-order chi connectivity index (χ1) is 10.2. The molecule has 21 heavy (non-hydrogen) atoms. The number of hydrogen-bond donors (Lipinski definition) is 1. The molecule has 1 saturated carbocycles. The first-order valence-corrected chi connectivity index (χ1v) is 7.68. The normalized spacial score (nSPS) is 16.3. The van der Waals surface area contributed by atoms with E-state index in [0.717, 1.165) is 24.8 Å². The van der Waals surface area contributed by atoms with Crippen LogP contribution in [0.2, 0.25) is 5.02 Å². The fourth-order valence-corrected chi connectivity index (χ4v) is 2.72. The van der Waals surface area contributed by atoms with Gasteiger partial charge in [0.1, 0.15) is 0 Å². The van der Waals surface area contributed by atoms with Gasteiger partial charge in [-0.05, 0) is 30.5 Å². The van der Waals surface area contributed by atoms with Crippen molar-refractivity contribution in [2.75, 3.05) is 33.5 Å². The molecule has 1 fully saturated rings. The van der Waals surface area contributed by atoms with Crippen LogP contribution < -0.4 is 5.32 Å². The van der Waals surface area contributed by atoms with E-state index in [4.69, 9.17) is 21.1 Å². The van der Waals surface area contributed by atoms with Gasteiger partial charge in [0.15, 0.2) is 0 Å². The Hall–Kier alpha value is -1.10. The molecule has 0 spiro atoms. The number of rotatable bonds is 8. The minimum Gasteiger partial charge on any atom is -0.382 e. The smallest absolute Gasteiger partial charge is 0.230 e. The van der Waals surface area contributed by atoms with Crippen molar-refractivity contribution in [3.63, 3.8) is 0 Å². The van der Waals surface area contributed by atoms with Crippen LogP contribution in [0.25, 0.3) is 0 Å². The summed E-state index contributed by atoms with van der Waals surface area (Å²) in [4.78, 5) is 12.5. The zero-order chi connectivity index (χ0) is 15.1. The van der Waals surface area contributed by atoms with E-state index >= 15 is 0 Å². The average molecular weight is 312 g/mol. The lowest BCUT2D eigenvalue weighted by Gasteiger charge is -2.40. The lowest BCUT2D eigenvalue weighted by molar-refractivity contribution is -0.130. The minimum atomic E-state index is -0.378. The van der Waals surface area contributed by atoms with Gasteiger partial charge in [-0.15, -0.1) is 0 Å². The number of benzene rings is 1. The molecule has 0 saturated heterocycles. The fraction of sp³-hybridized carbons (Fsp3) is 0.562. The summed E-state index contributed by atoms with van der Waals surface area (Å²) in [6.07, 6.45) is 2.87. The molecule has 1 amide bonds. The second-order valence-corrected chi connectivity index (χ2v) is 5.74. The highest BCUT2D eigenvalue weighted by Crippen LogP contribution is 2.44. The summed E-state index contributed by atoms with van der Waals surface area (Å²) in [6, 6.07) is 7.60. The summed E-state index contributed by atoms with van der Waals surface area (Å²) < 4.78 is 10.2. The van der Waals surface area contributed by atoms with Crippen molar-refractivity contribution in [1.29, 1.82) is 0 Å². The summed E-state index contributed by atoms with van der Waals surface area (Å²) in [5.74, 6) is 0.0893. The highest BCUT2D eigenvalue weighted by molar-refractivity contribution is 6.30. The Bertz CT molecular complexity index is 457. The first kappa shape index (κ1) is 16.3. The van der Waals surface area contributed by atoms with E-state index in [-0.39, 0.29) is 11.3 Å². The quantitative estimate of drug-likeness (QED) is 0.751. The van der Waals surface area contributed by atoms with Crippen molar-refractivity contribution in [1.82, 2.24) is 5.32 Å². The molecule has 4 nitrogen and oxygen atoms in total. The van der Waals surface area contributed by atoms with Crippen LogP contribution in [0.15, 0.2) is 24.3 Å². The van der Waals surface area contributed by atoms with Crippen LogP contribution in [0.5, 0.6) is 0 Å². The maximum Gasteiger partial charge on any atom is 0.230 e. The number of halogens is 1. The highest BCUT2D eigenvalue weighted by atomic mass is 35.5. The fourth-order valence-electron chi connectivity index (χ4n) is 2.60. The molecule has 1 aromatic rings. The molecule has 0 bridgehead atoms. The molecule has 0 atom stereocenters. The Morgan fingerprint density at radius 2 is 1.95 bits per heavy atom. The highest BCUT2D eigenvalue weighted by Gasteiger charge is 2.45. The Morgan fingerprint density at radius 3 is 2.52 bits per heavy atom. The van der Waals surface area contributed by atoms with Crippen molar-refractivity contribution in [3.05, 3.63) is 34.9 Å². The number of carbonyl (C=O) groups is 1. The second-order valence-electron chi connectivity index (χ2n) is 5.30. The molecule has 0 radical (unpaired) electrons. The Morgan fingerprint density at radius 1 is 1.24 bits per heavy atom. The Labute approximate surface area is 130 Å². The van der Waals surface area contributed by atoms with Crippen LogP contribution in [-0.4, -0.2) is 39.4 Å². The van der Waals surface area contributed by atoms with Crippen LogP contribution in [0.1, 0.15) is 24.8 Å². The van der Waals surface area contributed by atoms with Gasteiger partial charge in [-0.2, -0.15) is 0 Å². The molecule has 0 unspecified atom stereocenters. The standard InChI is InChI=1S/C16H22ClNO3/c1-20-11-12-21-10-9-18-15(19)16(7-2-8-16)13-3-5-14(17)6-4-13/h3-6H,2,7-12H2,1H3,(H,18,19). The third kappa shape index (κ3) is 3.96. The summed E-state index contributed by atoms with van der Waals surface area (Å²) >= 11 is 5.92. The largest absolute Gasteiger partial charge is 0.382 e. The van der Waals surface area contributed by atoms with Crippen LogP contribution >= 0.6 is 11.6 Å². The maximum absolute atomic E-state index is 12.5. The summed E-state index contributed by atoms with van der Waals surface area (Å²) in [7, 11) is 1.64.